The summed E-state index contributed by atoms with van der Waals surface area (Å²) in [6.07, 6.45) is 4.74. The normalized spacial score (nSPS) is 19.0. The summed E-state index contributed by atoms with van der Waals surface area (Å²) in [5.74, 6) is 0. The second kappa shape index (κ2) is 6.99. The predicted molar refractivity (Wildman–Crippen MR) is 93.3 cm³/mol. The van der Waals surface area contributed by atoms with Crippen molar-refractivity contribution in [2.24, 2.45) is 5.41 Å². The van der Waals surface area contributed by atoms with Crippen LogP contribution >= 0.6 is 0 Å². The SMILES string of the molecule is CC1(C)CCc2ccccc2[C@H](NC(=O)NCc2cccnn2)C1. The molecule has 1 atom stereocenters. The third-order valence-corrected chi connectivity index (χ3v) is 4.62. The number of urea groups is 1. The Hall–Kier alpha value is -2.43. The second-order valence-electron chi connectivity index (χ2n) is 7.16. The summed E-state index contributed by atoms with van der Waals surface area (Å²) in [6, 6.07) is 11.9. The highest BCUT2D eigenvalue weighted by molar-refractivity contribution is 5.74. The zero-order chi connectivity index (χ0) is 17.0. The number of carbonyl (C=O) groups excluding carboxylic acids is 1. The molecule has 2 aromatic rings. The van der Waals surface area contributed by atoms with Gasteiger partial charge in [0.2, 0.25) is 0 Å². The van der Waals surface area contributed by atoms with Crippen molar-refractivity contribution in [3.05, 3.63) is 59.4 Å². The number of nitrogens with zero attached hydrogens (tertiary/aromatic N) is 2. The van der Waals surface area contributed by atoms with E-state index in [1.54, 1.807) is 6.20 Å². The number of fused-ring (bicyclic) bond motifs is 1. The van der Waals surface area contributed by atoms with E-state index in [2.05, 4.69) is 52.9 Å². The van der Waals surface area contributed by atoms with Gasteiger partial charge in [0.25, 0.3) is 0 Å². The van der Waals surface area contributed by atoms with E-state index in [0.717, 1.165) is 25.0 Å². The summed E-state index contributed by atoms with van der Waals surface area (Å²) in [7, 11) is 0. The molecule has 0 saturated heterocycles. The molecule has 2 N–H and O–H groups in total. The molecule has 5 nitrogen and oxygen atoms in total. The molecule has 1 aromatic carbocycles. The van der Waals surface area contributed by atoms with Gasteiger partial charge in [0.15, 0.2) is 0 Å². The number of amides is 2. The zero-order valence-electron chi connectivity index (χ0n) is 14.2. The molecule has 1 aliphatic carbocycles. The first-order valence-electron chi connectivity index (χ1n) is 8.42. The summed E-state index contributed by atoms with van der Waals surface area (Å²) in [4.78, 5) is 12.3. The largest absolute Gasteiger partial charge is 0.332 e. The number of hydrogen-bond donors (Lipinski definition) is 2. The average molecular weight is 324 g/mol. The second-order valence-corrected chi connectivity index (χ2v) is 7.16. The lowest BCUT2D eigenvalue weighted by Gasteiger charge is -2.27. The quantitative estimate of drug-likeness (QED) is 0.851. The first-order chi connectivity index (χ1) is 11.5. The topological polar surface area (TPSA) is 66.9 Å². The Morgan fingerprint density at radius 1 is 1.25 bits per heavy atom. The number of benzene rings is 1. The summed E-state index contributed by atoms with van der Waals surface area (Å²) in [5.41, 5.74) is 3.51. The summed E-state index contributed by atoms with van der Waals surface area (Å²) < 4.78 is 0. The van der Waals surface area contributed by atoms with Gasteiger partial charge < -0.3 is 10.6 Å². The van der Waals surface area contributed by atoms with Gasteiger partial charge >= 0.3 is 6.03 Å². The molecule has 0 aliphatic heterocycles. The Balaban J connectivity index is 1.69. The zero-order valence-corrected chi connectivity index (χ0v) is 14.2. The first kappa shape index (κ1) is 16.4. The van der Waals surface area contributed by atoms with E-state index in [9.17, 15) is 4.79 Å². The molecule has 0 bridgehead atoms. The van der Waals surface area contributed by atoms with E-state index in [1.807, 2.05) is 18.2 Å². The molecule has 1 aliphatic rings. The van der Waals surface area contributed by atoms with Gasteiger partial charge in [-0.3, -0.25) is 0 Å². The Morgan fingerprint density at radius 2 is 2.08 bits per heavy atom. The summed E-state index contributed by atoms with van der Waals surface area (Å²) in [6.45, 7) is 4.91. The number of carbonyl (C=O) groups is 1. The Bertz CT molecular complexity index is 700. The third kappa shape index (κ3) is 4.10. The maximum Gasteiger partial charge on any atom is 0.315 e. The van der Waals surface area contributed by atoms with Gasteiger partial charge in [0.1, 0.15) is 0 Å². The lowest BCUT2D eigenvalue weighted by atomic mass is 9.83. The molecule has 24 heavy (non-hydrogen) atoms. The van der Waals surface area contributed by atoms with Gasteiger partial charge in [0, 0.05) is 6.20 Å². The van der Waals surface area contributed by atoms with Gasteiger partial charge in [-0.25, -0.2) is 4.79 Å². The Morgan fingerprint density at radius 3 is 2.88 bits per heavy atom. The molecule has 2 amide bonds. The molecule has 0 unspecified atom stereocenters. The Labute approximate surface area is 142 Å². The van der Waals surface area contributed by atoms with Crippen LogP contribution < -0.4 is 10.6 Å². The summed E-state index contributed by atoms with van der Waals surface area (Å²) >= 11 is 0. The van der Waals surface area contributed by atoms with Crippen LogP contribution in [0.5, 0.6) is 0 Å². The minimum atomic E-state index is -0.168. The van der Waals surface area contributed by atoms with Crippen molar-refractivity contribution in [1.82, 2.24) is 20.8 Å². The lowest BCUT2D eigenvalue weighted by Crippen LogP contribution is -2.39. The van der Waals surface area contributed by atoms with Gasteiger partial charge in [-0.1, -0.05) is 38.1 Å². The minimum Gasteiger partial charge on any atom is -0.332 e. The molecule has 126 valence electrons. The van der Waals surface area contributed by atoms with Crippen LogP contribution in [0, 0.1) is 5.41 Å². The molecule has 0 fully saturated rings. The number of hydrogen-bond acceptors (Lipinski definition) is 3. The fraction of sp³-hybridized carbons (Fsp3) is 0.421. The van der Waals surface area contributed by atoms with E-state index >= 15 is 0 Å². The molecule has 1 heterocycles. The predicted octanol–water partition coefficient (Wildman–Crippen LogP) is 3.38. The van der Waals surface area contributed by atoms with Crippen LogP contribution in [0.25, 0.3) is 0 Å². The maximum atomic E-state index is 12.3. The van der Waals surface area contributed by atoms with Crippen LogP contribution in [0.4, 0.5) is 4.79 Å². The minimum absolute atomic E-state index is 0.0283. The molecule has 5 heteroatoms. The number of nitrogens with one attached hydrogen (secondary N) is 2. The van der Waals surface area contributed by atoms with Crippen molar-refractivity contribution in [3.8, 4) is 0 Å². The summed E-state index contributed by atoms with van der Waals surface area (Å²) in [5, 5.41) is 13.8. The van der Waals surface area contributed by atoms with Crippen LogP contribution in [-0.2, 0) is 13.0 Å². The molecule has 1 aromatic heterocycles. The molecule has 0 saturated carbocycles. The fourth-order valence-corrected chi connectivity index (χ4v) is 3.28. The Kier molecular flexibility index (Phi) is 4.79. The van der Waals surface area contributed by atoms with Crippen molar-refractivity contribution in [1.29, 1.82) is 0 Å². The van der Waals surface area contributed by atoms with Crippen molar-refractivity contribution in [2.45, 2.75) is 45.7 Å². The van der Waals surface area contributed by atoms with E-state index in [1.165, 1.54) is 11.1 Å². The van der Waals surface area contributed by atoms with Crippen molar-refractivity contribution < 1.29 is 4.79 Å². The van der Waals surface area contributed by atoms with Crippen molar-refractivity contribution >= 4 is 6.03 Å². The number of aromatic nitrogens is 2. The lowest BCUT2D eigenvalue weighted by molar-refractivity contribution is 0.226. The van der Waals surface area contributed by atoms with Crippen LogP contribution in [0.3, 0.4) is 0 Å². The monoisotopic (exact) mass is 324 g/mol. The van der Waals surface area contributed by atoms with Crippen molar-refractivity contribution in [2.75, 3.05) is 0 Å². The van der Waals surface area contributed by atoms with Gasteiger partial charge in [-0.05, 0) is 47.9 Å². The number of rotatable bonds is 3. The van der Waals surface area contributed by atoms with Gasteiger partial charge in [0.05, 0.1) is 18.3 Å². The number of aryl methyl sites for hydroxylation is 1. The molecule has 0 spiro atoms. The maximum absolute atomic E-state index is 12.3. The third-order valence-electron chi connectivity index (χ3n) is 4.62. The molecular weight excluding hydrogens is 300 g/mol. The molecule has 3 rings (SSSR count). The highest BCUT2D eigenvalue weighted by Crippen LogP contribution is 2.39. The fourth-order valence-electron chi connectivity index (χ4n) is 3.28. The smallest absolute Gasteiger partial charge is 0.315 e. The highest BCUT2D eigenvalue weighted by atomic mass is 16.2. The van der Waals surface area contributed by atoms with E-state index in [0.29, 0.717) is 6.54 Å². The molecular formula is C19H24N4O. The van der Waals surface area contributed by atoms with Gasteiger partial charge in [-0.2, -0.15) is 10.2 Å². The van der Waals surface area contributed by atoms with E-state index < -0.39 is 0 Å². The van der Waals surface area contributed by atoms with Crippen LogP contribution in [0.1, 0.15) is 49.6 Å². The highest BCUT2D eigenvalue weighted by Gasteiger charge is 2.30. The van der Waals surface area contributed by atoms with E-state index in [4.69, 9.17) is 0 Å². The molecule has 0 radical (unpaired) electrons. The van der Waals surface area contributed by atoms with Crippen LogP contribution in [-0.4, -0.2) is 16.2 Å². The first-order valence-corrected chi connectivity index (χ1v) is 8.42. The van der Waals surface area contributed by atoms with Crippen LogP contribution in [0.15, 0.2) is 42.6 Å². The van der Waals surface area contributed by atoms with Crippen LogP contribution in [0.2, 0.25) is 0 Å². The van der Waals surface area contributed by atoms with E-state index in [-0.39, 0.29) is 17.5 Å². The van der Waals surface area contributed by atoms with Gasteiger partial charge in [-0.15, -0.1) is 0 Å². The average Bonchev–Trinajstić information content (AvgIpc) is 2.71. The standard InChI is InChI=1S/C19H24N4O/c1-19(2)10-9-14-6-3-4-8-16(14)17(12-19)22-18(24)20-13-15-7-5-11-21-23-15/h3-8,11,17H,9-10,12-13H2,1-2H3,(H2,20,22,24)/t17-/m1/s1. The van der Waals surface area contributed by atoms with Crippen molar-refractivity contribution in [3.63, 3.8) is 0 Å².